The summed E-state index contributed by atoms with van der Waals surface area (Å²) in [5, 5.41) is 3.92. The van der Waals surface area contributed by atoms with Gasteiger partial charge in [0.25, 0.3) is 0 Å². The van der Waals surface area contributed by atoms with E-state index in [1.165, 1.54) is 0 Å². The van der Waals surface area contributed by atoms with Crippen LogP contribution in [0, 0.1) is 0 Å². The average Bonchev–Trinajstić information content (AvgIpc) is 2.43. The van der Waals surface area contributed by atoms with Crippen molar-refractivity contribution in [1.29, 1.82) is 0 Å². The minimum atomic E-state index is 0.173. The number of hydrogen-bond acceptors (Lipinski definition) is 3. The van der Waals surface area contributed by atoms with Crippen LogP contribution in [0.1, 0.15) is 26.7 Å². The Bertz CT molecular complexity index is 182. The summed E-state index contributed by atoms with van der Waals surface area (Å²) in [5.74, 6) is 0.238. The molecule has 0 aromatic heterocycles. The van der Waals surface area contributed by atoms with Crippen LogP contribution in [-0.4, -0.2) is 41.6 Å². The van der Waals surface area contributed by atoms with Gasteiger partial charge in [0.15, 0.2) is 0 Å². The molecule has 1 unspecified atom stereocenters. The SMILES string of the molecule is CCN1CCC(=O)N1CCC(C)N. The van der Waals surface area contributed by atoms with Gasteiger partial charge < -0.3 is 5.73 Å². The summed E-state index contributed by atoms with van der Waals surface area (Å²) in [6.45, 7) is 6.58. The molecule has 4 heteroatoms. The molecule has 13 heavy (non-hydrogen) atoms. The van der Waals surface area contributed by atoms with Gasteiger partial charge in [-0.25, -0.2) is 5.01 Å². The van der Waals surface area contributed by atoms with Gasteiger partial charge in [-0.2, -0.15) is 0 Å². The maximum absolute atomic E-state index is 11.4. The molecule has 4 nitrogen and oxygen atoms in total. The Morgan fingerprint density at radius 1 is 1.62 bits per heavy atom. The number of carbonyl (C=O) groups excluding carboxylic acids is 1. The molecular weight excluding hydrogens is 166 g/mol. The number of amides is 1. The second-order valence-electron chi connectivity index (χ2n) is 3.58. The summed E-state index contributed by atoms with van der Waals surface area (Å²) >= 11 is 0. The highest BCUT2D eigenvalue weighted by Crippen LogP contribution is 2.11. The minimum absolute atomic E-state index is 0.173. The topological polar surface area (TPSA) is 49.6 Å². The predicted molar refractivity (Wildman–Crippen MR) is 51.8 cm³/mol. The van der Waals surface area contributed by atoms with Crippen molar-refractivity contribution in [2.24, 2.45) is 5.73 Å². The van der Waals surface area contributed by atoms with E-state index >= 15 is 0 Å². The number of hydrazine groups is 1. The zero-order valence-corrected chi connectivity index (χ0v) is 8.49. The molecule has 1 rings (SSSR count). The maximum Gasteiger partial charge on any atom is 0.238 e. The van der Waals surface area contributed by atoms with Crippen molar-refractivity contribution in [3.8, 4) is 0 Å². The van der Waals surface area contributed by atoms with E-state index in [9.17, 15) is 4.79 Å². The van der Waals surface area contributed by atoms with Crippen molar-refractivity contribution >= 4 is 5.91 Å². The number of rotatable bonds is 4. The highest BCUT2D eigenvalue weighted by molar-refractivity contribution is 5.77. The van der Waals surface area contributed by atoms with Gasteiger partial charge in [0.1, 0.15) is 0 Å². The summed E-state index contributed by atoms with van der Waals surface area (Å²) < 4.78 is 0. The lowest BCUT2D eigenvalue weighted by Gasteiger charge is -2.27. The highest BCUT2D eigenvalue weighted by atomic mass is 16.2. The van der Waals surface area contributed by atoms with Crippen molar-refractivity contribution in [2.75, 3.05) is 19.6 Å². The van der Waals surface area contributed by atoms with Crippen molar-refractivity contribution < 1.29 is 4.79 Å². The van der Waals surface area contributed by atoms with Gasteiger partial charge in [0.2, 0.25) is 5.91 Å². The van der Waals surface area contributed by atoms with E-state index in [1.807, 2.05) is 11.9 Å². The third-order valence-electron chi connectivity index (χ3n) is 2.37. The lowest BCUT2D eigenvalue weighted by molar-refractivity contribution is -0.137. The van der Waals surface area contributed by atoms with Gasteiger partial charge in [0.05, 0.1) is 0 Å². The standard InChI is InChI=1S/C9H19N3O/c1-3-11-6-5-9(13)12(11)7-4-8(2)10/h8H,3-7,10H2,1-2H3. The molecule has 0 spiro atoms. The Labute approximate surface area is 79.6 Å². The van der Waals surface area contributed by atoms with E-state index in [0.717, 1.165) is 26.1 Å². The minimum Gasteiger partial charge on any atom is -0.328 e. The van der Waals surface area contributed by atoms with Gasteiger partial charge in [-0.05, 0) is 13.3 Å². The van der Waals surface area contributed by atoms with Gasteiger partial charge in [-0.3, -0.25) is 9.80 Å². The lowest BCUT2D eigenvalue weighted by Crippen LogP contribution is -2.40. The van der Waals surface area contributed by atoms with Crippen LogP contribution in [0.5, 0.6) is 0 Å². The second-order valence-corrected chi connectivity index (χ2v) is 3.58. The zero-order valence-electron chi connectivity index (χ0n) is 8.49. The Hall–Kier alpha value is -0.610. The number of nitrogens with two attached hydrogens (primary N) is 1. The molecule has 0 radical (unpaired) electrons. The van der Waals surface area contributed by atoms with Gasteiger partial charge in [0, 0.05) is 32.1 Å². The molecule has 0 saturated carbocycles. The molecule has 1 saturated heterocycles. The molecule has 76 valence electrons. The largest absolute Gasteiger partial charge is 0.328 e. The summed E-state index contributed by atoms with van der Waals surface area (Å²) in [7, 11) is 0. The van der Waals surface area contributed by atoms with E-state index in [2.05, 4.69) is 11.9 Å². The molecule has 1 amide bonds. The van der Waals surface area contributed by atoms with Crippen molar-refractivity contribution in [1.82, 2.24) is 10.0 Å². The van der Waals surface area contributed by atoms with Crippen LogP contribution in [0.3, 0.4) is 0 Å². The van der Waals surface area contributed by atoms with Crippen LogP contribution < -0.4 is 5.73 Å². The predicted octanol–water partition coefficient (Wildman–Crippen LogP) is 0.193. The molecule has 0 aliphatic carbocycles. The van der Waals surface area contributed by atoms with Gasteiger partial charge in [-0.15, -0.1) is 0 Å². The van der Waals surface area contributed by atoms with Crippen molar-refractivity contribution in [2.45, 2.75) is 32.7 Å². The van der Waals surface area contributed by atoms with Crippen LogP contribution in [-0.2, 0) is 4.79 Å². The Balaban J connectivity index is 2.40. The van der Waals surface area contributed by atoms with Crippen LogP contribution >= 0.6 is 0 Å². The number of hydrogen-bond donors (Lipinski definition) is 1. The first-order valence-electron chi connectivity index (χ1n) is 4.96. The Morgan fingerprint density at radius 2 is 2.31 bits per heavy atom. The van der Waals surface area contributed by atoms with E-state index in [-0.39, 0.29) is 11.9 Å². The quantitative estimate of drug-likeness (QED) is 0.680. The first-order chi connectivity index (χ1) is 6.15. The molecule has 0 aromatic rings. The fourth-order valence-corrected chi connectivity index (χ4v) is 1.55. The molecule has 0 bridgehead atoms. The normalized spacial score (nSPS) is 21.2. The molecule has 2 N–H and O–H groups in total. The van der Waals surface area contributed by atoms with Crippen molar-refractivity contribution in [3.05, 3.63) is 0 Å². The molecule has 1 atom stereocenters. The van der Waals surface area contributed by atoms with Crippen LogP contribution in [0.15, 0.2) is 0 Å². The first kappa shape index (κ1) is 10.5. The van der Waals surface area contributed by atoms with Crippen LogP contribution in [0.4, 0.5) is 0 Å². The van der Waals surface area contributed by atoms with Crippen molar-refractivity contribution in [3.63, 3.8) is 0 Å². The van der Waals surface area contributed by atoms with Gasteiger partial charge in [-0.1, -0.05) is 6.92 Å². The fourth-order valence-electron chi connectivity index (χ4n) is 1.55. The van der Waals surface area contributed by atoms with E-state index < -0.39 is 0 Å². The maximum atomic E-state index is 11.4. The monoisotopic (exact) mass is 185 g/mol. The van der Waals surface area contributed by atoms with Crippen LogP contribution in [0.25, 0.3) is 0 Å². The zero-order chi connectivity index (χ0) is 9.84. The molecule has 1 aliphatic rings. The van der Waals surface area contributed by atoms with Gasteiger partial charge >= 0.3 is 0 Å². The Morgan fingerprint density at radius 3 is 2.85 bits per heavy atom. The number of nitrogens with zero attached hydrogens (tertiary/aromatic N) is 2. The first-order valence-corrected chi connectivity index (χ1v) is 4.96. The second kappa shape index (κ2) is 4.58. The van der Waals surface area contributed by atoms with Crippen LogP contribution in [0.2, 0.25) is 0 Å². The van der Waals surface area contributed by atoms with E-state index in [1.54, 1.807) is 0 Å². The molecule has 1 aliphatic heterocycles. The molecule has 1 heterocycles. The average molecular weight is 185 g/mol. The summed E-state index contributed by atoms with van der Waals surface area (Å²) in [5.41, 5.74) is 5.65. The molecule has 0 aromatic carbocycles. The summed E-state index contributed by atoms with van der Waals surface area (Å²) in [4.78, 5) is 11.4. The van der Waals surface area contributed by atoms with E-state index in [0.29, 0.717) is 6.42 Å². The Kier molecular flexibility index (Phi) is 3.69. The third-order valence-corrected chi connectivity index (χ3v) is 2.37. The summed E-state index contributed by atoms with van der Waals surface area (Å²) in [6, 6.07) is 0.173. The smallest absolute Gasteiger partial charge is 0.238 e. The molecular formula is C9H19N3O. The van der Waals surface area contributed by atoms with E-state index in [4.69, 9.17) is 5.73 Å². The highest BCUT2D eigenvalue weighted by Gasteiger charge is 2.26. The summed E-state index contributed by atoms with van der Waals surface area (Å²) in [6.07, 6.45) is 1.54. The number of carbonyl (C=O) groups is 1. The fraction of sp³-hybridized carbons (Fsp3) is 0.889. The molecule has 1 fully saturated rings. The third kappa shape index (κ3) is 2.67. The lowest BCUT2D eigenvalue weighted by atomic mass is 10.2.